The van der Waals surface area contributed by atoms with E-state index in [9.17, 15) is 4.79 Å². The van der Waals surface area contributed by atoms with Crippen molar-refractivity contribution in [2.75, 3.05) is 26.2 Å². The number of amides is 1. The molecule has 4 nitrogen and oxygen atoms in total. The summed E-state index contributed by atoms with van der Waals surface area (Å²) in [5.74, 6) is 1.64. The monoisotopic (exact) mass is 240 g/mol. The van der Waals surface area contributed by atoms with Gasteiger partial charge in [-0.2, -0.15) is 0 Å². The fourth-order valence-corrected chi connectivity index (χ4v) is 2.52. The lowest BCUT2D eigenvalue weighted by Crippen LogP contribution is -2.50. The third kappa shape index (κ3) is 3.35. The maximum Gasteiger partial charge on any atom is 0.410 e. The number of hydrogen-bond acceptors (Lipinski definition) is 3. The summed E-state index contributed by atoms with van der Waals surface area (Å²) in [5.41, 5.74) is -0.383. The Balaban J connectivity index is 1.76. The van der Waals surface area contributed by atoms with Gasteiger partial charge >= 0.3 is 6.09 Å². The molecule has 0 aliphatic carbocycles. The zero-order valence-corrected chi connectivity index (χ0v) is 11.2. The van der Waals surface area contributed by atoms with Crippen LogP contribution in [0.5, 0.6) is 0 Å². The smallest absolute Gasteiger partial charge is 0.410 e. The maximum absolute atomic E-state index is 11.9. The van der Waals surface area contributed by atoms with E-state index in [1.54, 1.807) is 0 Å². The summed E-state index contributed by atoms with van der Waals surface area (Å²) in [7, 11) is 0. The molecule has 0 aromatic heterocycles. The normalized spacial score (nSPS) is 23.4. The number of nitrogens with one attached hydrogen (secondary N) is 1. The average molecular weight is 240 g/mol. The molecule has 1 N–H and O–H groups in total. The molecule has 2 fully saturated rings. The van der Waals surface area contributed by atoms with Crippen molar-refractivity contribution in [1.82, 2.24) is 10.2 Å². The predicted octanol–water partition coefficient (Wildman–Crippen LogP) is 1.85. The number of piperidine rings is 1. The number of carbonyl (C=O) groups is 1. The van der Waals surface area contributed by atoms with Crippen molar-refractivity contribution in [3.63, 3.8) is 0 Å². The fraction of sp³-hybridized carbons (Fsp3) is 0.923. The largest absolute Gasteiger partial charge is 0.444 e. The van der Waals surface area contributed by atoms with Crippen molar-refractivity contribution < 1.29 is 9.53 Å². The van der Waals surface area contributed by atoms with Crippen LogP contribution in [0.1, 0.15) is 33.6 Å². The molecule has 0 saturated carbocycles. The predicted molar refractivity (Wildman–Crippen MR) is 66.9 cm³/mol. The van der Waals surface area contributed by atoms with Gasteiger partial charge in [-0.3, -0.25) is 0 Å². The first kappa shape index (κ1) is 12.7. The number of ether oxygens (including phenoxy) is 1. The molecule has 2 heterocycles. The molecular formula is C13H24N2O2. The topological polar surface area (TPSA) is 41.6 Å². The molecule has 0 spiro atoms. The minimum Gasteiger partial charge on any atom is -0.444 e. The molecule has 0 aromatic rings. The Morgan fingerprint density at radius 2 is 1.76 bits per heavy atom. The van der Waals surface area contributed by atoms with Gasteiger partial charge in [-0.15, -0.1) is 0 Å². The van der Waals surface area contributed by atoms with E-state index < -0.39 is 0 Å². The van der Waals surface area contributed by atoms with Gasteiger partial charge in [-0.1, -0.05) is 0 Å². The van der Waals surface area contributed by atoms with E-state index in [0.29, 0.717) is 0 Å². The Morgan fingerprint density at radius 3 is 2.18 bits per heavy atom. The highest BCUT2D eigenvalue weighted by Gasteiger charge is 2.32. The van der Waals surface area contributed by atoms with E-state index in [1.165, 1.54) is 0 Å². The molecule has 0 aromatic carbocycles. The maximum atomic E-state index is 11.9. The molecule has 17 heavy (non-hydrogen) atoms. The van der Waals surface area contributed by atoms with Gasteiger partial charge in [0.2, 0.25) is 0 Å². The molecule has 2 rings (SSSR count). The standard InChI is InChI=1S/C13H24N2O2/c1-13(2,3)17-12(16)15-6-4-10(5-7-15)11-8-14-9-11/h10-11,14H,4-9H2,1-3H3. The van der Waals surface area contributed by atoms with Gasteiger partial charge < -0.3 is 15.0 Å². The van der Waals surface area contributed by atoms with Gasteiger partial charge in [0.25, 0.3) is 0 Å². The Bertz CT molecular complexity index is 274. The summed E-state index contributed by atoms with van der Waals surface area (Å²) in [4.78, 5) is 13.7. The van der Waals surface area contributed by atoms with E-state index in [2.05, 4.69) is 5.32 Å². The summed E-state index contributed by atoms with van der Waals surface area (Å²) in [6.45, 7) is 9.79. The SMILES string of the molecule is CC(C)(C)OC(=O)N1CCC(C2CNC2)CC1. The van der Waals surface area contributed by atoms with E-state index in [1.807, 2.05) is 25.7 Å². The van der Waals surface area contributed by atoms with Crippen molar-refractivity contribution in [1.29, 1.82) is 0 Å². The zero-order valence-electron chi connectivity index (χ0n) is 11.2. The van der Waals surface area contributed by atoms with E-state index in [-0.39, 0.29) is 11.7 Å². The quantitative estimate of drug-likeness (QED) is 0.760. The van der Waals surface area contributed by atoms with Gasteiger partial charge in [0, 0.05) is 13.1 Å². The van der Waals surface area contributed by atoms with Crippen LogP contribution in [-0.4, -0.2) is 42.8 Å². The highest BCUT2D eigenvalue weighted by atomic mass is 16.6. The third-order valence-corrected chi connectivity index (χ3v) is 3.67. The minimum atomic E-state index is -0.383. The zero-order chi connectivity index (χ0) is 12.5. The molecule has 0 unspecified atom stereocenters. The van der Waals surface area contributed by atoms with Crippen LogP contribution in [0.25, 0.3) is 0 Å². The second-order valence-corrected chi connectivity index (χ2v) is 6.22. The minimum absolute atomic E-state index is 0.150. The van der Waals surface area contributed by atoms with Crippen LogP contribution in [0, 0.1) is 11.8 Å². The van der Waals surface area contributed by atoms with E-state index >= 15 is 0 Å². The first-order valence-corrected chi connectivity index (χ1v) is 6.64. The summed E-state index contributed by atoms with van der Waals surface area (Å²) in [6.07, 6.45) is 2.11. The van der Waals surface area contributed by atoms with Crippen molar-refractivity contribution in [2.24, 2.45) is 11.8 Å². The summed E-state index contributed by atoms with van der Waals surface area (Å²) in [6, 6.07) is 0. The first-order valence-electron chi connectivity index (χ1n) is 6.64. The highest BCUT2D eigenvalue weighted by molar-refractivity contribution is 5.68. The molecular weight excluding hydrogens is 216 g/mol. The molecule has 0 radical (unpaired) electrons. The molecule has 2 saturated heterocycles. The van der Waals surface area contributed by atoms with Crippen LogP contribution in [0.3, 0.4) is 0 Å². The lowest BCUT2D eigenvalue weighted by molar-refractivity contribution is 0.0143. The lowest BCUT2D eigenvalue weighted by atomic mass is 9.81. The van der Waals surface area contributed by atoms with Gasteiger partial charge in [-0.25, -0.2) is 4.79 Å². The fourth-order valence-electron chi connectivity index (χ4n) is 2.52. The van der Waals surface area contributed by atoms with E-state index in [4.69, 9.17) is 4.74 Å². The molecule has 2 aliphatic heterocycles. The lowest BCUT2D eigenvalue weighted by Gasteiger charge is -2.40. The van der Waals surface area contributed by atoms with Gasteiger partial charge in [0.1, 0.15) is 5.60 Å². The Labute approximate surface area is 104 Å². The molecule has 0 bridgehead atoms. The number of rotatable bonds is 1. The van der Waals surface area contributed by atoms with Gasteiger partial charge in [0.05, 0.1) is 0 Å². The Hall–Kier alpha value is -0.770. The molecule has 2 aliphatic rings. The van der Waals surface area contributed by atoms with Gasteiger partial charge in [0.15, 0.2) is 0 Å². The molecule has 4 heteroatoms. The second-order valence-electron chi connectivity index (χ2n) is 6.22. The van der Waals surface area contributed by atoms with Crippen LogP contribution < -0.4 is 5.32 Å². The van der Waals surface area contributed by atoms with Crippen LogP contribution in [0.2, 0.25) is 0 Å². The Kier molecular flexibility index (Phi) is 3.61. The summed E-state index contributed by atoms with van der Waals surface area (Å²) < 4.78 is 5.39. The van der Waals surface area contributed by atoms with Crippen LogP contribution in [0.15, 0.2) is 0 Å². The van der Waals surface area contributed by atoms with Crippen LogP contribution in [-0.2, 0) is 4.74 Å². The van der Waals surface area contributed by atoms with Crippen molar-refractivity contribution >= 4 is 6.09 Å². The van der Waals surface area contributed by atoms with Crippen molar-refractivity contribution in [3.05, 3.63) is 0 Å². The van der Waals surface area contributed by atoms with E-state index in [0.717, 1.165) is 50.9 Å². The third-order valence-electron chi connectivity index (χ3n) is 3.67. The van der Waals surface area contributed by atoms with Crippen LogP contribution >= 0.6 is 0 Å². The van der Waals surface area contributed by atoms with Crippen LogP contribution in [0.4, 0.5) is 4.79 Å². The van der Waals surface area contributed by atoms with Crippen molar-refractivity contribution in [3.8, 4) is 0 Å². The second kappa shape index (κ2) is 4.84. The summed E-state index contributed by atoms with van der Waals surface area (Å²) >= 11 is 0. The Morgan fingerprint density at radius 1 is 1.18 bits per heavy atom. The number of carbonyl (C=O) groups excluding carboxylic acids is 1. The number of nitrogens with zero attached hydrogens (tertiary/aromatic N) is 1. The number of hydrogen-bond donors (Lipinski definition) is 1. The van der Waals surface area contributed by atoms with Crippen molar-refractivity contribution in [2.45, 2.75) is 39.2 Å². The summed E-state index contributed by atoms with van der Waals surface area (Å²) in [5, 5.41) is 3.32. The number of likely N-dealkylation sites (tertiary alicyclic amines) is 1. The highest BCUT2D eigenvalue weighted by Crippen LogP contribution is 2.28. The molecule has 1 amide bonds. The first-order chi connectivity index (χ1) is 7.96. The molecule has 0 atom stereocenters. The average Bonchev–Trinajstić information content (AvgIpc) is 2.13. The van der Waals surface area contributed by atoms with Gasteiger partial charge in [-0.05, 0) is 58.5 Å². The molecule has 98 valence electrons.